The largest absolute Gasteiger partial charge is 0.481 e. The monoisotopic (exact) mass is 736 g/mol. The number of halogens is 1. The lowest BCUT2D eigenvalue weighted by atomic mass is 9.90. The molecule has 2 aliphatic carbocycles. The number of carbonyl (C=O) groups is 2. The fourth-order valence-corrected chi connectivity index (χ4v) is 8.01. The first-order chi connectivity index (χ1) is 25.8. The van der Waals surface area contributed by atoms with Crippen molar-refractivity contribution < 1.29 is 28.9 Å². The molecule has 1 aliphatic heterocycles. The molecule has 13 heteroatoms. The van der Waals surface area contributed by atoms with Crippen LogP contribution >= 0.6 is 11.6 Å². The van der Waals surface area contributed by atoms with Crippen molar-refractivity contribution >= 4 is 23.4 Å². The number of fused-ring (bicyclic) bond motifs is 1. The number of pyridine rings is 1. The highest BCUT2D eigenvalue weighted by Gasteiger charge is 2.31. The summed E-state index contributed by atoms with van der Waals surface area (Å²) >= 11 is 6.73. The van der Waals surface area contributed by atoms with E-state index in [-0.39, 0.29) is 17.9 Å². The van der Waals surface area contributed by atoms with Gasteiger partial charge in [0.25, 0.3) is 0 Å². The average molecular weight is 737 g/mol. The van der Waals surface area contributed by atoms with E-state index in [2.05, 4.69) is 26.3 Å². The highest BCUT2D eigenvalue weighted by Crippen LogP contribution is 2.43. The number of carboxylic acid groups (broad SMARTS) is 1. The molecule has 0 radical (unpaired) electrons. The summed E-state index contributed by atoms with van der Waals surface area (Å²) in [4.78, 5) is 39.2. The molecule has 0 bridgehead atoms. The van der Waals surface area contributed by atoms with E-state index in [0.717, 1.165) is 47.2 Å². The number of Topliss-reactive ketones (excluding diaryl/α,β-unsaturated/α-hetero) is 1. The van der Waals surface area contributed by atoms with Crippen molar-refractivity contribution in [2.24, 2.45) is 11.8 Å². The number of hydrogen-bond acceptors (Lipinski definition) is 11. The highest BCUT2D eigenvalue weighted by molar-refractivity contribution is 6.31. The number of ketones is 1. The number of likely N-dealkylation sites (tertiary alicyclic amines) is 1. The highest BCUT2D eigenvalue weighted by atomic mass is 35.5. The Bertz CT molecular complexity index is 2090. The van der Waals surface area contributed by atoms with Gasteiger partial charge in [0.2, 0.25) is 17.6 Å². The SMILES string of the molecule is COc1nc(O[C@H]2CCc3c(-c4cccc(-c5cnc(CNC[C@@H]6CCC(=O)C6)c(OC)n5)c4C#N)cccc32)c(Cl)cc1CN1CC[C@@H](C(=O)O)C1. The maximum absolute atomic E-state index is 11.6. The third-order valence-electron chi connectivity index (χ3n) is 10.5. The normalized spacial score (nSPS) is 19.6. The van der Waals surface area contributed by atoms with E-state index in [1.807, 2.05) is 36.4 Å². The van der Waals surface area contributed by atoms with Crippen LogP contribution in [0.2, 0.25) is 5.02 Å². The summed E-state index contributed by atoms with van der Waals surface area (Å²) in [5.41, 5.74) is 6.89. The number of carbonyl (C=O) groups excluding carboxylic acids is 1. The Kier molecular flexibility index (Phi) is 10.9. The number of methoxy groups -OCH3 is 2. The van der Waals surface area contributed by atoms with E-state index in [1.54, 1.807) is 26.5 Å². The van der Waals surface area contributed by atoms with Gasteiger partial charge in [0.1, 0.15) is 28.7 Å². The number of ether oxygens (including phenoxy) is 3. The average Bonchev–Trinajstić information content (AvgIpc) is 3.92. The molecule has 2 aromatic carbocycles. The second-order valence-corrected chi connectivity index (χ2v) is 14.3. The van der Waals surface area contributed by atoms with E-state index >= 15 is 0 Å². The number of benzene rings is 2. The van der Waals surface area contributed by atoms with Crippen molar-refractivity contribution in [1.29, 1.82) is 5.26 Å². The first kappa shape index (κ1) is 36.3. The topological polar surface area (TPSA) is 160 Å². The van der Waals surface area contributed by atoms with Crippen molar-refractivity contribution in [3.63, 3.8) is 0 Å². The van der Waals surface area contributed by atoms with Crippen LogP contribution in [0, 0.1) is 23.2 Å². The van der Waals surface area contributed by atoms with E-state index in [0.29, 0.717) is 103 Å². The number of carboxylic acids is 1. The number of nitriles is 1. The van der Waals surface area contributed by atoms with Gasteiger partial charge in [0, 0.05) is 49.2 Å². The maximum Gasteiger partial charge on any atom is 0.307 e. The zero-order valence-electron chi connectivity index (χ0n) is 29.7. The summed E-state index contributed by atoms with van der Waals surface area (Å²) in [6, 6.07) is 16.0. The van der Waals surface area contributed by atoms with Crippen molar-refractivity contribution in [2.75, 3.05) is 33.9 Å². The molecule has 53 heavy (non-hydrogen) atoms. The molecule has 0 amide bonds. The predicted octanol–water partition coefficient (Wildman–Crippen LogP) is 6.18. The van der Waals surface area contributed by atoms with Crippen LogP contribution in [-0.4, -0.2) is 70.6 Å². The first-order valence-electron chi connectivity index (χ1n) is 17.9. The molecule has 274 valence electrons. The standard InChI is InChI=1S/C40H41ClN6O6/c1-51-37-25(22-47-14-13-24(21-47)40(49)50)16-33(41)38(46-37)53-36-12-11-29-27(5-4-8-31(29)36)28-6-3-7-30(32(28)17-42)34-20-44-35(39(45-34)52-2)19-43-18-23-9-10-26(48)15-23/h3-8,16,20,23-24,36,43H,9-15,18-19,21-22H2,1-2H3,(H,49,50)/t23-,24-,36+/m1/s1. The van der Waals surface area contributed by atoms with E-state index < -0.39 is 5.97 Å². The number of nitrogens with zero attached hydrogens (tertiary/aromatic N) is 5. The number of rotatable bonds is 13. The molecule has 2 aromatic heterocycles. The van der Waals surface area contributed by atoms with Crippen LogP contribution in [0.1, 0.15) is 66.2 Å². The second kappa shape index (κ2) is 15.9. The van der Waals surface area contributed by atoms with Gasteiger partial charge in [-0.1, -0.05) is 48.0 Å². The van der Waals surface area contributed by atoms with Crippen LogP contribution in [0.15, 0.2) is 48.7 Å². The molecule has 3 atom stereocenters. The number of hydrogen-bond donors (Lipinski definition) is 2. The van der Waals surface area contributed by atoms with Crippen LogP contribution < -0.4 is 19.5 Å². The van der Waals surface area contributed by atoms with Crippen LogP contribution in [0.3, 0.4) is 0 Å². The Morgan fingerprint density at radius 3 is 2.57 bits per heavy atom. The lowest BCUT2D eigenvalue weighted by molar-refractivity contribution is -0.141. The summed E-state index contributed by atoms with van der Waals surface area (Å²) in [5.74, 6) is 0.528. The van der Waals surface area contributed by atoms with Crippen LogP contribution in [0.5, 0.6) is 17.6 Å². The molecule has 2 fully saturated rings. The summed E-state index contributed by atoms with van der Waals surface area (Å²) < 4.78 is 17.7. The van der Waals surface area contributed by atoms with E-state index in [4.69, 9.17) is 30.8 Å². The molecule has 0 unspecified atom stereocenters. The van der Waals surface area contributed by atoms with Gasteiger partial charge < -0.3 is 24.6 Å². The van der Waals surface area contributed by atoms with Gasteiger partial charge in [-0.05, 0) is 67.4 Å². The smallest absolute Gasteiger partial charge is 0.307 e. The van der Waals surface area contributed by atoms with Crippen LogP contribution in [0.25, 0.3) is 22.4 Å². The molecule has 1 saturated carbocycles. The van der Waals surface area contributed by atoms with Crippen LogP contribution in [0.4, 0.5) is 0 Å². The lowest BCUT2D eigenvalue weighted by Crippen LogP contribution is -2.23. The fraction of sp³-hybridized carbons (Fsp3) is 0.400. The molecule has 0 spiro atoms. The first-order valence-corrected chi connectivity index (χ1v) is 18.3. The Morgan fingerprint density at radius 1 is 1.04 bits per heavy atom. The second-order valence-electron chi connectivity index (χ2n) is 13.9. The molecule has 7 rings (SSSR count). The third kappa shape index (κ3) is 7.69. The molecule has 12 nitrogen and oxygen atoms in total. The molecular formula is C40H41ClN6O6. The minimum atomic E-state index is -0.782. The maximum atomic E-state index is 11.6. The molecule has 4 aromatic rings. The van der Waals surface area contributed by atoms with Gasteiger partial charge in [-0.25, -0.2) is 4.98 Å². The third-order valence-corrected chi connectivity index (χ3v) is 10.8. The van der Waals surface area contributed by atoms with Gasteiger partial charge in [-0.3, -0.25) is 19.5 Å². The summed E-state index contributed by atoms with van der Waals surface area (Å²) in [5, 5.41) is 23.6. The Hall–Kier alpha value is -5.09. The van der Waals surface area contributed by atoms with Crippen molar-refractivity contribution in [3.8, 4) is 46.1 Å². The van der Waals surface area contributed by atoms with Gasteiger partial charge in [-0.15, -0.1) is 0 Å². The minimum absolute atomic E-state index is 0.264. The predicted molar refractivity (Wildman–Crippen MR) is 197 cm³/mol. The number of nitrogens with one attached hydrogen (secondary N) is 1. The summed E-state index contributed by atoms with van der Waals surface area (Å²) in [6.07, 6.45) is 5.55. The van der Waals surface area contributed by atoms with E-state index in [1.165, 1.54) is 0 Å². The van der Waals surface area contributed by atoms with Gasteiger partial charge >= 0.3 is 5.97 Å². The molecule has 3 heterocycles. The van der Waals surface area contributed by atoms with Crippen molar-refractivity contribution in [2.45, 2.75) is 57.7 Å². The molecular weight excluding hydrogens is 696 g/mol. The lowest BCUT2D eigenvalue weighted by Gasteiger charge is -2.20. The molecule has 1 saturated heterocycles. The summed E-state index contributed by atoms with van der Waals surface area (Å²) in [6.45, 7) is 2.79. The quantitative estimate of drug-likeness (QED) is 0.161. The fourth-order valence-electron chi connectivity index (χ4n) is 7.79. The zero-order valence-corrected chi connectivity index (χ0v) is 30.5. The Labute approximate surface area is 313 Å². The van der Waals surface area contributed by atoms with Crippen molar-refractivity contribution in [1.82, 2.24) is 25.2 Å². The van der Waals surface area contributed by atoms with Gasteiger partial charge in [-0.2, -0.15) is 10.2 Å². The van der Waals surface area contributed by atoms with Crippen LogP contribution in [-0.2, 0) is 29.1 Å². The Morgan fingerprint density at radius 2 is 1.83 bits per heavy atom. The van der Waals surface area contributed by atoms with Gasteiger partial charge in [0.05, 0.1) is 37.6 Å². The van der Waals surface area contributed by atoms with Gasteiger partial charge in [0.15, 0.2) is 0 Å². The Balaban J connectivity index is 1.10. The molecule has 2 N–H and O–H groups in total. The van der Waals surface area contributed by atoms with Crippen molar-refractivity contribution in [3.05, 3.63) is 81.6 Å². The molecule has 3 aliphatic rings. The zero-order chi connectivity index (χ0) is 37.1. The number of aliphatic carboxylic acids is 1. The summed E-state index contributed by atoms with van der Waals surface area (Å²) in [7, 11) is 3.10. The number of aromatic nitrogens is 3. The minimum Gasteiger partial charge on any atom is -0.481 e. The van der Waals surface area contributed by atoms with E-state index in [9.17, 15) is 20.0 Å².